The normalized spacial score (nSPS) is 10.4. The molecule has 0 spiro atoms. The van der Waals surface area contributed by atoms with E-state index in [2.05, 4.69) is 46.9 Å². The van der Waals surface area contributed by atoms with Crippen LogP contribution in [0.2, 0.25) is 0 Å². The summed E-state index contributed by atoms with van der Waals surface area (Å²) in [6.07, 6.45) is 2.43. The minimum Gasteiger partial charge on any atom is -0.374 e. The highest BCUT2D eigenvalue weighted by Crippen LogP contribution is 2.26. The van der Waals surface area contributed by atoms with Gasteiger partial charge < -0.3 is 10.6 Å². The van der Waals surface area contributed by atoms with Crippen molar-refractivity contribution in [3.05, 3.63) is 28.2 Å². The van der Waals surface area contributed by atoms with Gasteiger partial charge in [-0.25, -0.2) is 0 Å². The number of anilines is 1. The SMILES string of the molecule is CCCCN(C)c1cccc(Br)c1CN. The van der Waals surface area contributed by atoms with Crippen LogP contribution >= 0.6 is 15.9 Å². The molecule has 15 heavy (non-hydrogen) atoms. The number of rotatable bonds is 5. The minimum absolute atomic E-state index is 0.577. The number of benzene rings is 1. The van der Waals surface area contributed by atoms with Crippen LogP contribution in [0.25, 0.3) is 0 Å². The van der Waals surface area contributed by atoms with Gasteiger partial charge in [-0.1, -0.05) is 35.3 Å². The standard InChI is InChI=1S/C12H19BrN2/c1-3-4-8-15(2)12-7-5-6-11(13)10(12)9-14/h5-7H,3-4,8-9,14H2,1-2H3. The van der Waals surface area contributed by atoms with Crippen LogP contribution in [0.15, 0.2) is 22.7 Å². The number of unbranched alkanes of at least 4 members (excludes halogenated alkanes) is 1. The molecule has 0 heterocycles. The fourth-order valence-corrected chi connectivity index (χ4v) is 2.14. The lowest BCUT2D eigenvalue weighted by Crippen LogP contribution is -2.20. The van der Waals surface area contributed by atoms with E-state index in [4.69, 9.17) is 5.73 Å². The van der Waals surface area contributed by atoms with Gasteiger partial charge in [0, 0.05) is 35.9 Å². The quantitative estimate of drug-likeness (QED) is 0.891. The van der Waals surface area contributed by atoms with Crippen LogP contribution in [0.5, 0.6) is 0 Å². The van der Waals surface area contributed by atoms with Gasteiger partial charge in [0.05, 0.1) is 0 Å². The van der Waals surface area contributed by atoms with Crippen LogP contribution in [0.3, 0.4) is 0 Å². The maximum atomic E-state index is 5.76. The Balaban J connectivity index is 2.87. The third-order valence-electron chi connectivity index (χ3n) is 2.56. The van der Waals surface area contributed by atoms with E-state index in [-0.39, 0.29) is 0 Å². The first-order chi connectivity index (χ1) is 7.20. The molecule has 0 saturated heterocycles. The Bertz CT molecular complexity index is 312. The van der Waals surface area contributed by atoms with Gasteiger partial charge >= 0.3 is 0 Å². The zero-order valence-electron chi connectivity index (χ0n) is 9.46. The predicted molar refractivity (Wildman–Crippen MR) is 70.2 cm³/mol. The van der Waals surface area contributed by atoms with Crippen LogP contribution in [-0.2, 0) is 6.54 Å². The van der Waals surface area contributed by atoms with Gasteiger partial charge in [0.1, 0.15) is 0 Å². The van der Waals surface area contributed by atoms with Crippen molar-refractivity contribution in [3.63, 3.8) is 0 Å². The maximum absolute atomic E-state index is 5.76. The summed E-state index contributed by atoms with van der Waals surface area (Å²) >= 11 is 3.54. The highest BCUT2D eigenvalue weighted by Gasteiger charge is 2.08. The van der Waals surface area contributed by atoms with Crippen LogP contribution in [0.4, 0.5) is 5.69 Å². The molecule has 2 nitrogen and oxygen atoms in total. The molecule has 0 bridgehead atoms. The number of halogens is 1. The fraction of sp³-hybridized carbons (Fsp3) is 0.500. The molecule has 2 N–H and O–H groups in total. The van der Waals surface area contributed by atoms with Crippen LogP contribution in [-0.4, -0.2) is 13.6 Å². The minimum atomic E-state index is 0.577. The molecule has 1 aromatic rings. The molecule has 0 aliphatic rings. The van der Waals surface area contributed by atoms with Gasteiger partial charge in [0.25, 0.3) is 0 Å². The van der Waals surface area contributed by atoms with Crippen molar-refractivity contribution in [1.29, 1.82) is 0 Å². The van der Waals surface area contributed by atoms with E-state index < -0.39 is 0 Å². The highest BCUT2D eigenvalue weighted by molar-refractivity contribution is 9.10. The lowest BCUT2D eigenvalue weighted by molar-refractivity contribution is 0.763. The van der Waals surface area contributed by atoms with E-state index in [0.29, 0.717) is 6.54 Å². The second-order valence-corrected chi connectivity index (χ2v) is 4.57. The predicted octanol–water partition coefficient (Wildman–Crippen LogP) is 3.14. The van der Waals surface area contributed by atoms with E-state index in [1.807, 2.05) is 6.07 Å². The molecule has 0 aliphatic heterocycles. The molecule has 3 heteroatoms. The van der Waals surface area contributed by atoms with Gasteiger partial charge in [0.15, 0.2) is 0 Å². The summed E-state index contributed by atoms with van der Waals surface area (Å²) in [6, 6.07) is 6.23. The molecular formula is C12H19BrN2. The molecule has 0 unspecified atom stereocenters. The summed E-state index contributed by atoms with van der Waals surface area (Å²) in [4.78, 5) is 2.27. The van der Waals surface area contributed by atoms with Gasteiger partial charge in [-0.05, 0) is 18.6 Å². The first-order valence-electron chi connectivity index (χ1n) is 5.39. The van der Waals surface area contributed by atoms with Gasteiger partial charge in [0.2, 0.25) is 0 Å². The summed E-state index contributed by atoms with van der Waals surface area (Å²) < 4.78 is 1.10. The molecule has 84 valence electrons. The Hall–Kier alpha value is -0.540. The molecule has 1 aromatic carbocycles. The number of hydrogen-bond acceptors (Lipinski definition) is 2. The summed E-state index contributed by atoms with van der Waals surface area (Å²) in [5.41, 5.74) is 8.19. The molecule has 0 fully saturated rings. The largest absolute Gasteiger partial charge is 0.374 e. The lowest BCUT2D eigenvalue weighted by Gasteiger charge is -2.22. The molecule has 0 atom stereocenters. The van der Waals surface area contributed by atoms with Crippen molar-refractivity contribution < 1.29 is 0 Å². The summed E-state index contributed by atoms with van der Waals surface area (Å²) in [5, 5.41) is 0. The lowest BCUT2D eigenvalue weighted by atomic mass is 10.1. The van der Waals surface area contributed by atoms with E-state index in [0.717, 1.165) is 11.0 Å². The van der Waals surface area contributed by atoms with Crippen molar-refractivity contribution in [1.82, 2.24) is 0 Å². The van der Waals surface area contributed by atoms with Crippen LogP contribution in [0, 0.1) is 0 Å². The van der Waals surface area contributed by atoms with Crippen molar-refractivity contribution in [2.24, 2.45) is 5.73 Å². The molecule has 1 rings (SSSR count). The van der Waals surface area contributed by atoms with Gasteiger partial charge in [-0.15, -0.1) is 0 Å². The molecule has 0 amide bonds. The van der Waals surface area contributed by atoms with E-state index >= 15 is 0 Å². The van der Waals surface area contributed by atoms with Crippen molar-refractivity contribution >= 4 is 21.6 Å². The molecular weight excluding hydrogens is 252 g/mol. The summed E-state index contributed by atoms with van der Waals surface area (Å²) in [5.74, 6) is 0. The topological polar surface area (TPSA) is 29.3 Å². The highest BCUT2D eigenvalue weighted by atomic mass is 79.9. The average Bonchev–Trinajstić information content (AvgIpc) is 2.25. The van der Waals surface area contributed by atoms with Crippen molar-refractivity contribution in [3.8, 4) is 0 Å². The van der Waals surface area contributed by atoms with E-state index in [9.17, 15) is 0 Å². The zero-order valence-corrected chi connectivity index (χ0v) is 11.0. The third-order valence-corrected chi connectivity index (χ3v) is 3.30. The monoisotopic (exact) mass is 270 g/mol. The van der Waals surface area contributed by atoms with Crippen LogP contribution < -0.4 is 10.6 Å². The second kappa shape index (κ2) is 6.13. The molecule has 0 aliphatic carbocycles. The Kier molecular flexibility index (Phi) is 5.12. The smallest absolute Gasteiger partial charge is 0.0420 e. The van der Waals surface area contributed by atoms with Crippen LogP contribution in [0.1, 0.15) is 25.3 Å². The third kappa shape index (κ3) is 3.21. The van der Waals surface area contributed by atoms with Crippen molar-refractivity contribution in [2.45, 2.75) is 26.3 Å². The molecule has 0 aromatic heterocycles. The number of nitrogens with zero attached hydrogens (tertiary/aromatic N) is 1. The second-order valence-electron chi connectivity index (χ2n) is 3.72. The van der Waals surface area contributed by atoms with Gasteiger partial charge in [-0.2, -0.15) is 0 Å². The van der Waals surface area contributed by atoms with Gasteiger partial charge in [-0.3, -0.25) is 0 Å². The van der Waals surface area contributed by atoms with Crippen molar-refractivity contribution in [2.75, 3.05) is 18.5 Å². The number of nitrogens with two attached hydrogens (primary N) is 1. The maximum Gasteiger partial charge on any atom is 0.0420 e. The molecule has 0 saturated carbocycles. The Morgan fingerprint density at radius 3 is 2.73 bits per heavy atom. The number of hydrogen-bond donors (Lipinski definition) is 1. The Labute approximate surface area is 101 Å². The fourth-order valence-electron chi connectivity index (χ4n) is 1.62. The Morgan fingerprint density at radius 1 is 1.40 bits per heavy atom. The zero-order chi connectivity index (χ0) is 11.3. The summed E-state index contributed by atoms with van der Waals surface area (Å²) in [6.45, 7) is 3.87. The molecule has 0 radical (unpaired) electrons. The average molecular weight is 271 g/mol. The first kappa shape index (κ1) is 12.5. The summed E-state index contributed by atoms with van der Waals surface area (Å²) in [7, 11) is 2.12. The van der Waals surface area contributed by atoms with E-state index in [1.54, 1.807) is 0 Å². The Morgan fingerprint density at radius 2 is 2.13 bits per heavy atom. The first-order valence-corrected chi connectivity index (χ1v) is 6.18. The van der Waals surface area contributed by atoms with E-state index in [1.165, 1.54) is 24.1 Å².